The fourth-order valence-electron chi connectivity index (χ4n) is 2.20. The highest BCUT2D eigenvalue weighted by Crippen LogP contribution is 2.31. The summed E-state index contributed by atoms with van der Waals surface area (Å²) in [5.41, 5.74) is 0.251. The van der Waals surface area contributed by atoms with Crippen molar-refractivity contribution in [1.82, 2.24) is 0 Å². The van der Waals surface area contributed by atoms with Crippen LogP contribution < -0.4 is 14.8 Å². The van der Waals surface area contributed by atoms with Crippen molar-refractivity contribution in [3.8, 4) is 11.5 Å². The van der Waals surface area contributed by atoms with Crippen molar-refractivity contribution < 1.29 is 31.5 Å². The van der Waals surface area contributed by atoms with Crippen LogP contribution in [0.1, 0.15) is 0 Å². The smallest absolute Gasteiger partial charge is 0.341 e. The molecule has 0 radical (unpaired) electrons. The van der Waals surface area contributed by atoms with Crippen LogP contribution in [0.2, 0.25) is 0 Å². The van der Waals surface area contributed by atoms with Gasteiger partial charge < -0.3 is 14.8 Å². The zero-order chi connectivity index (χ0) is 18.0. The number of sulfone groups is 1. The van der Waals surface area contributed by atoms with Crippen LogP contribution in [0.4, 0.5) is 14.5 Å². The zero-order valence-electron chi connectivity index (χ0n) is 12.7. The first-order chi connectivity index (χ1) is 11.9. The van der Waals surface area contributed by atoms with Crippen LogP contribution in [-0.2, 0) is 14.6 Å². The van der Waals surface area contributed by atoms with Gasteiger partial charge in [-0.2, -0.15) is 8.78 Å². The van der Waals surface area contributed by atoms with Crippen molar-refractivity contribution in [2.24, 2.45) is 0 Å². The molecule has 1 aliphatic rings. The molecule has 3 rings (SSSR count). The molecule has 1 heterocycles. The standard InChI is InChI=1S/C16H13F2NO5S/c17-16(18)25(21,22)11-7-5-10(6-8-11)19-15(20)14-9-23-12-3-1-2-4-13(12)24-14/h1-8,14,16H,9H2,(H,19,20). The first-order valence-corrected chi connectivity index (χ1v) is 8.74. The minimum Gasteiger partial charge on any atom is -0.485 e. The SMILES string of the molecule is O=C(Nc1ccc(S(=O)(=O)C(F)F)cc1)C1COc2ccccc2O1. The summed E-state index contributed by atoms with van der Waals surface area (Å²) in [6.07, 6.45) is -0.889. The van der Waals surface area contributed by atoms with E-state index < -0.39 is 32.5 Å². The van der Waals surface area contributed by atoms with Crippen LogP contribution in [0.25, 0.3) is 0 Å². The fraction of sp³-hybridized carbons (Fsp3) is 0.188. The van der Waals surface area contributed by atoms with Crippen molar-refractivity contribution in [3.05, 3.63) is 48.5 Å². The van der Waals surface area contributed by atoms with Crippen LogP contribution in [-0.4, -0.2) is 32.8 Å². The lowest BCUT2D eigenvalue weighted by molar-refractivity contribution is -0.125. The molecule has 9 heteroatoms. The fourth-order valence-corrected chi connectivity index (χ4v) is 2.92. The maximum absolute atomic E-state index is 12.5. The number of carbonyl (C=O) groups excluding carboxylic acids is 1. The second-order valence-electron chi connectivity index (χ2n) is 5.18. The molecule has 6 nitrogen and oxygen atoms in total. The van der Waals surface area contributed by atoms with Gasteiger partial charge in [0.1, 0.15) is 6.61 Å². The third-order valence-corrected chi connectivity index (χ3v) is 4.88. The van der Waals surface area contributed by atoms with E-state index in [1.54, 1.807) is 24.3 Å². The normalized spacial score (nSPS) is 16.5. The molecule has 0 aliphatic carbocycles. The third kappa shape index (κ3) is 3.55. The lowest BCUT2D eigenvalue weighted by Gasteiger charge is -2.25. The lowest BCUT2D eigenvalue weighted by Crippen LogP contribution is -2.40. The maximum Gasteiger partial charge on any atom is 0.341 e. The average molecular weight is 369 g/mol. The van der Waals surface area contributed by atoms with Crippen LogP contribution in [0.3, 0.4) is 0 Å². The summed E-state index contributed by atoms with van der Waals surface area (Å²) in [5, 5.41) is 2.52. The molecule has 132 valence electrons. The topological polar surface area (TPSA) is 81.7 Å². The number of ether oxygens (including phenoxy) is 2. The number of amides is 1. The Bertz CT molecular complexity index is 884. The number of anilines is 1. The summed E-state index contributed by atoms with van der Waals surface area (Å²) in [6.45, 7) is 0.0146. The summed E-state index contributed by atoms with van der Waals surface area (Å²) >= 11 is 0. The Labute approximate surface area is 142 Å². The molecule has 1 unspecified atom stereocenters. The van der Waals surface area contributed by atoms with Gasteiger partial charge in [0.05, 0.1) is 4.90 Å². The molecular weight excluding hydrogens is 356 g/mol. The van der Waals surface area contributed by atoms with E-state index in [9.17, 15) is 22.0 Å². The quantitative estimate of drug-likeness (QED) is 0.895. The predicted octanol–water partition coefficient (Wildman–Crippen LogP) is 2.46. The van der Waals surface area contributed by atoms with Gasteiger partial charge in [0, 0.05) is 5.69 Å². The average Bonchev–Trinajstić information content (AvgIpc) is 2.61. The van der Waals surface area contributed by atoms with E-state index in [2.05, 4.69) is 5.32 Å². The summed E-state index contributed by atoms with van der Waals surface area (Å²) in [4.78, 5) is 11.7. The van der Waals surface area contributed by atoms with Crippen molar-refractivity contribution in [3.63, 3.8) is 0 Å². The number of para-hydroxylation sites is 2. The highest BCUT2D eigenvalue weighted by molar-refractivity contribution is 7.91. The van der Waals surface area contributed by atoms with E-state index >= 15 is 0 Å². The number of halogens is 2. The van der Waals surface area contributed by atoms with Gasteiger partial charge in [0.2, 0.25) is 15.9 Å². The number of benzene rings is 2. The van der Waals surface area contributed by atoms with Crippen molar-refractivity contribution in [1.29, 1.82) is 0 Å². The molecule has 0 spiro atoms. The minimum atomic E-state index is -4.67. The van der Waals surface area contributed by atoms with Gasteiger partial charge in [-0.25, -0.2) is 8.42 Å². The van der Waals surface area contributed by atoms with Gasteiger partial charge in [0.25, 0.3) is 5.91 Å². The van der Waals surface area contributed by atoms with Crippen LogP contribution in [0.15, 0.2) is 53.4 Å². The number of hydrogen-bond donors (Lipinski definition) is 1. The second-order valence-corrected chi connectivity index (χ2v) is 7.10. The highest BCUT2D eigenvalue weighted by atomic mass is 32.2. The first kappa shape index (κ1) is 17.2. The first-order valence-electron chi connectivity index (χ1n) is 7.19. The van der Waals surface area contributed by atoms with Gasteiger partial charge in [0.15, 0.2) is 11.5 Å². The summed E-state index contributed by atoms with van der Waals surface area (Å²) < 4.78 is 58.7. The van der Waals surface area contributed by atoms with Gasteiger partial charge in [-0.15, -0.1) is 0 Å². The Morgan fingerprint density at radius 1 is 1.08 bits per heavy atom. The summed E-state index contributed by atoms with van der Waals surface area (Å²) in [7, 11) is -4.67. The second kappa shape index (κ2) is 6.67. The van der Waals surface area contributed by atoms with Gasteiger partial charge >= 0.3 is 5.76 Å². The molecule has 0 saturated carbocycles. The molecule has 1 atom stereocenters. The lowest BCUT2D eigenvalue weighted by atomic mass is 10.2. The number of carbonyl (C=O) groups is 1. The van der Waals surface area contributed by atoms with Crippen LogP contribution >= 0.6 is 0 Å². The molecule has 2 aromatic rings. The Morgan fingerprint density at radius 3 is 2.36 bits per heavy atom. The zero-order valence-corrected chi connectivity index (χ0v) is 13.5. The molecule has 1 N–H and O–H groups in total. The Morgan fingerprint density at radius 2 is 1.72 bits per heavy atom. The molecule has 1 amide bonds. The van der Waals surface area contributed by atoms with E-state index in [0.717, 1.165) is 12.1 Å². The molecule has 2 aromatic carbocycles. The monoisotopic (exact) mass is 369 g/mol. The van der Waals surface area contributed by atoms with Gasteiger partial charge in [-0.3, -0.25) is 4.79 Å². The van der Waals surface area contributed by atoms with Crippen molar-refractivity contribution >= 4 is 21.4 Å². The number of rotatable bonds is 4. The van der Waals surface area contributed by atoms with Crippen LogP contribution in [0, 0.1) is 0 Å². The van der Waals surface area contributed by atoms with Crippen molar-refractivity contribution in [2.75, 3.05) is 11.9 Å². The summed E-state index contributed by atoms with van der Waals surface area (Å²) in [5.74, 6) is -3.03. The molecule has 0 saturated heterocycles. The molecule has 0 aromatic heterocycles. The van der Waals surface area contributed by atoms with E-state index in [1.807, 2.05) is 0 Å². The molecule has 1 aliphatic heterocycles. The molecule has 25 heavy (non-hydrogen) atoms. The Kier molecular flexibility index (Phi) is 4.58. The predicted molar refractivity (Wildman–Crippen MR) is 84.6 cm³/mol. The van der Waals surface area contributed by atoms with Gasteiger partial charge in [-0.05, 0) is 36.4 Å². The van der Waals surface area contributed by atoms with Crippen molar-refractivity contribution in [2.45, 2.75) is 16.8 Å². The van der Waals surface area contributed by atoms with Gasteiger partial charge in [-0.1, -0.05) is 12.1 Å². The third-order valence-electron chi connectivity index (χ3n) is 3.49. The number of fused-ring (bicyclic) bond motifs is 1. The van der Waals surface area contributed by atoms with E-state index in [-0.39, 0.29) is 12.3 Å². The molecule has 0 fully saturated rings. The van der Waals surface area contributed by atoms with E-state index in [0.29, 0.717) is 11.5 Å². The summed E-state index contributed by atoms with van der Waals surface area (Å²) in [6, 6.07) is 11.4. The largest absolute Gasteiger partial charge is 0.485 e. The van der Waals surface area contributed by atoms with E-state index in [4.69, 9.17) is 9.47 Å². The van der Waals surface area contributed by atoms with E-state index in [1.165, 1.54) is 12.1 Å². The number of nitrogens with one attached hydrogen (secondary N) is 1. The highest BCUT2D eigenvalue weighted by Gasteiger charge is 2.28. The number of alkyl halides is 2. The minimum absolute atomic E-state index is 0.0146. The number of hydrogen-bond acceptors (Lipinski definition) is 5. The Hall–Kier alpha value is -2.68. The molecular formula is C16H13F2NO5S. The molecule has 0 bridgehead atoms. The maximum atomic E-state index is 12.5. The Balaban J connectivity index is 1.68. The van der Waals surface area contributed by atoms with Crippen LogP contribution in [0.5, 0.6) is 11.5 Å².